The van der Waals surface area contributed by atoms with E-state index in [0.29, 0.717) is 18.9 Å². The molecule has 5 heteroatoms. The summed E-state index contributed by atoms with van der Waals surface area (Å²) in [6.45, 7) is 0. The van der Waals surface area contributed by atoms with Gasteiger partial charge < -0.3 is 15.8 Å². The van der Waals surface area contributed by atoms with Crippen LogP contribution in [0.5, 0.6) is 0 Å². The molecule has 0 aromatic carbocycles. The quantitative estimate of drug-likeness (QED) is 0.337. The summed E-state index contributed by atoms with van der Waals surface area (Å²) in [6.07, 6.45) is 7.22. The standard InChI is InChI=1S/C12H21N3O2/c1-15(9-5-3-2-4-6-9)11(16)12(7-8-12)10(13)14-17/h9,17H,2-8H2,1H3,(H2,13,14). The molecule has 2 aliphatic rings. The van der Waals surface area contributed by atoms with Gasteiger partial charge in [0.15, 0.2) is 5.84 Å². The molecule has 0 spiro atoms. The van der Waals surface area contributed by atoms with Crippen molar-refractivity contribution in [1.82, 2.24) is 4.90 Å². The topological polar surface area (TPSA) is 78.9 Å². The van der Waals surface area contributed by atoms with Crippen LogP contribution in [-0.4, -0.2) is 34.9 Å². The normalized spacial score (nSPS) is 24.4. The number of carbonyl (C=O) groups excluding carboxylic acids is 1. The SMILES string of the molecule is CN(C(=O)C1(C(N)=NO)CC1)C1CCCCC1. The van der Waals surface area contributed by atoms with Crippen LogP contribution in [0.25, 0.3) is 0 Å². The van der Waals surface area contributed by atoms with Gasteiger partial charge in [0.1, 0.15) is 5.41 Å². The predicted octanol–water partition coefficient (Wildman–Crippen LogP) is 1.30. The van der Waals surface area contributed by atoms with Crippen LogP contribution in [0.3, 0.4) is 0 Å². The van der Waals surface area contributed by atoms with E-state index < -0.39 is 5.41 Å². The molecule has 0 bridgehead atoms. The lowest BCUT2D eigenvalue weighted by Gasteiger charge is -2.33. The smallest absolute Gasteiger partial charge is 0.236 e. The minimum atomic E-state index is -0.694. The third-order valence-electron chi connectivity index (χ3n) is 4.20. The Morgan fingerprint density at radius 3 is 2.41 bits per heavy atom. The number of carbonyl (C=O) groups is 1. The van der Waals surface area contributed by atoms with Gasteiger partial charge in [-0.05, 0) is 25.7 Å². The molecule has 17 heavy (non-hydrogen) atoms. The van der Waals surface area contributed by atoms with E-state index in [0.717, 1.165) is 12.8 Å². The fourth-order valence-electron chi connectivity index (χ4n) is 2.77. The zero-order valence-corrected chi connectivity index (χ0v) is 10.4. The van der Waals surface area contributed by atoms with Gasteiger partial charge in [0.25, 0.3) is 0 Å². The second-order valence-electron chi connectivity index (χ2n) is 5.28. The van der Waals surface area contributed by atoms with Crippen LogP contribution in [0, 0.1) is 5.41 Å². The van der Waals surface area contributed by atoms with Crippen molar-refractivity contribution in [3.8, 4) is 0 Å². The molecule has 0 unspecified atom stereocenters. The van der Waals surface area contributed by atoms with Crippen molar-refractivity contribution in [2.45, 2.75) is 51.0 Å². The maximum absolute atomic E-state index is 12.4. The maximum atomic E-state index is 12.4. The van der Waals surface area contributed by atoms with Crippen LogP contribution < -0.4 is 5.73 Å². The fraction of sp³-hybridized carbons (Fsp3) is 0.833. The van der Waals surface area contributed by atoms with Crippen molar-refractivity contribution >= 4 is 11.7 Å². The minimum absolute atomic E-state index is 0.0275. The summed E-state index contributed by atoms with van der Waals surface area (Å²) in [6, 6.07) is 0.334. The second-order valence-corrected chi connectivity index (χ2v) is 5.28. The highest BCUT2D eigenvalue weighted by atomic mass is 16.4. The summed E-state index contributed by atoms with van der Waals surface area (Å²) >= 11 is 0. The van der Waals surface area contributed by atoms with E-state index in [9.17, 15) is 4.79 Å². The number of hydrogen-bond donors (Lipinski definition) is 2. The van der Waals surface area contributed by atoms with E-state index in [1.807, 2.05) is 11.9 Å². The van der Waals surface area contributed by atoms with Crippen LogP contribution in [0.2, 0.25) is 0 Å². The lowest BCUT2D eigenvalue weighted by atomic mass is 9.93. The van der Waals surface area contributed by atoms with E-state index in [2.05, 4.69) is 5.16 Å². The molecule has 5 nitrogen and oxygen atoms in total. The Morgan fingerprint density at radius 2 is 1.94 bits per heavy atom. The molecule has 0 radical (unpaired) electrons. The Balaban J connectivity index is 2.04. The first-order valence-corrected chi connectivity index (χ1v) is 6.37. The summed E-state index contributed by atoms with van der Waals surface area (Å²) in [5.74, 6) is 0.102. The first kappa shape index (κ1) is 12.2. The molecule has 0 saturated heterocycles. The van der Waals surface area contributed by atoms with Gasteiger partial charge >= 0.3 is 0 Å². The number of nitrogens with two attached hydrogens (primary N) is 1. The van der Waals surface area contributed by atoms with Gasteiger partial charge in [-0.2, -0.15) is 0 Å². The van der Waals surface area contributed by atoms with Crippen molar-refractivity contribution < 1.29 is 10.0 Å². The summed E-state index contributed by atoms with van der Waals surface area (Å²) in [4.78, 5) is 14.2. The summed E-state index contributed by atoms with van der Waals surface area (Å²) < 4.78 is 0. The van der Waals surface area contributed by atoms with Crippen molar-refractivity contribution in [3.63, 3.8) is 0 Å². The van der Waals surface area contributed by atoms with E-state index >= 15 is 0 Å². The van der Waals surface area contributed by atoms with Gasteiger partial charge in [-0.1, -0.05) is 24.4 Å². The Labute approximate surface area is 102 Å². The number of amides is 1. The second kappa shape index (κ2) is 4.55. The Bertz CT molecular complexity index is 331. The largest absolute Gasteiger partial charge is 0.409 e. The molecule has 0 heterocycles. The summed E-state index contributed by atoms with van der Waals surface area (Å²) in [5, 5.41) is 11.8. The molecule has 0 atom stereocenters. The molecule has 2 saturated carbocycles. The lowest BCUT2D eigenvalue weighted by Crippen LogP contribution is -2.46. The number of oxime groups is 1. The van der Waals surface area contributed by atoms with Gasteiger partial charge in [0.2, 0.25) is 5.91 Å². The minimum Gasteiger partial charge on any atom is -0.409 e. The molecule has 2 rings (SSSR count). The summed E-state index contributed by atoms with van der Waals surface area (Å²) in [7, 11) is 1.85. The number of rotatable bonds is 3. The van der Waals surface area contributed by atoms with Gasteiger partial charge in [-0.15, -0.1) is 0 Å². The highest BCUT2D eigenvalue weighted by molar-refractivity contribution is 6.09. The first-order chi connectivity index (χ1) is 8.12. The molecular weight excluding hydrogens is 218 g/mol. The molecule has 3 N–H and O–H groups in total. The average molecular weight is 239 g/mol. The van der Waals surface area contributed by atoms with Crippen LogP contribution in [0.15, 0.2) is 5.16 Å². The molecule has 1 amide bonds. The first-order valence-electron chi connectivity index (χ1n) is 6.37. The Kier molecular flexibility index (Phi) is 3.26. The van der Waals surface area contributed by atoms with Crippen LogP contribution in [0.4, 0.5) is 0 Å². The van der Waals surface area contributed by atoms with Gasteiger partial charge in [0.05, 0.1) is 0 Å². The van der Waals surface area contributed by atoms with Crippen molar-refractivity contribution in [3.05, 3.63) is 0 Å². The summed E-state index contributed by atoms with van der Waals surface area (Å²) in [5.41, 5.74) is 4.94. The molecule has 2 fully saturated rings. The maximum Gasteiger partial charge on any atom is 0.236 e. The molecule has 2 aliphatic carbocycles. The molecule has 0 aromatic heterocycles. The monoisotopic (exact) mass is 239 g/mol. The van der Waals surface area contributed by atoms with Gasteiger partial charge in [-0.3, -0.25) is 4.79 Å². The van der Waals surface area contributed by atoms with Crippen molar-refractivity contribution in [2.24, 2.45) is 16.3 Å². The molecule has 0 aliphatic heterocycles. The number of amidine groups is 1. The number of hydrogen-bond acceptors (Lipinski definition) is 3. The van der Waals surface area contributed by atoms with Crippen LogP contribution >= 0.6 is 0 Å². The zero-order valence-electron chi connectivity index (χ0n) is 10.4. The third-order valence-corrected chi connectivity index (χ3v) is 4.20. The number of nitrogens with zero attached hydrogens (tertiary/aromatic N) is 2. The highest BCUT2D eigenvalue weighted by Crippen LogP contribution is 2.47. The Morgan fingerprint density at radius 1 is 1.35 bits per heavy atom. The van der Waals surface area contributed by atoms with Crippen molar-refractivity contribution in [1.29, 1.82) is 0 Å². The fourth-order valence-corrected chi connectivity index (χ4v) is 2.77. The van der Waals surface area contributed by atoms with E-state index in [4.69, 9.17) is 10.9 Å². The van der Waals surface area contributed by atoms with E-state index in [1.165, 1.54) is 19.3 Å². The predicted molar refractivity (Wildman–Crippen MR) is 64.7 cm³/mol. The molecular formula is C12H21N3O2. The van der Waals surface area contributed by atoms with Crippen molar-refractivity contribution in [2.75, 3.05) is 7.05 Å². The van der Waals surface area contributed by atoms with Gasteiger partial charge in [-0.25, -0.2) is 0 Å². The van der Waals surface area contributed by atoms with Crippen LogP contribution in [-0.2, 0) is 4.79 Å². The van der Waals surface area contributed by atoms with Crippen LogP contribution in [0.1, 0.15) is 44.9 Å². The Hall–Kier alpha value is -1.26. The zero-order chi connectivity index (χ0) is 12.5. The lowest BCUT2D eigenvalue weighted by molar-refractivity contribution is -0.136. The highest BCUT2D eigenvalue weighted by Gasteiger charge is 2.55. The third kappa shape index (κ3) is 2.10. The average Bonchev–Trinajstić information content (AvgIpc) is 3.18. The van der Waals surface area contributed by atoms with E-state index in [1.54, 1.807) is 0 Å². The van der Waals surface area contributed by atoms with E-state index in [-0.39, 0.29) is 11.7 Å². The molecule has 0 aromatic rings. The van der Waals surface area contributed by atoms with Gasteiger partial charge in [0, 0.05) is 13.1 Å². The molecule has 96 valence electrons.